The molecule has 1 aliphatic heterocycles. The minimum atomic E-state index is -1.87. The molecule has 0 spiro atoms. The van der Waals surface area contributed by atoms with Crippen LogP contribution in [0.25, 0.3) is 0 Å². The number of ether oxygens (including phenoxy) is 1. The second kappa shape index (κ2) is 4.47. The fraction of sp³-hybridized carbons (Fsp3) is 0.308. The molecule has 1 aromatic carbocycles. The molecule has 1 heterocycles. The van der Waals surface area contributed by atoms with Crippen LogP contribution in [0.4, 0.5) is 5.69 Å². The highest BCUT2D eigenvalue weighted by Crippen LogP contribution is 2.29. The van der Waals surface area contributed by atoms with Gasteiger partial charge in [0.25, 0.3) is 11.7 Å². The lowest BCUT2D eigenvalue weighted by molar-refractivity contribution is -0.159. The number of ketones is 1. The first-order chi connectivity index (χ1) is 8.88. The SMILES string of the molecule is COC(=O)C(C)(O)CN1C(=O)C(=O)c2ccccc21. The highest BCUT2D eigenvalue weighted by Gasteiger charge is 2.42. The van der Waals surface area contributed by atoms with Crippen LogP contribution in [0.1, 0.15) is 17.3 Å². The average molecular weight is 263 g/mol. The Morgan fingerprint density at radius 3 is 2.63 bits per heavy atom. The molecule has 1 N–H and O–H groups in total. The number of Topliss-reactive ketones (excluding diaryl/α,β-unsaturated/α-hetero) is 1. The zero-order valence-corrected chi connectivity index (χ0v) is 10.5. The summed E-state index contributed by atoms with van der Waals surface area (Å²) in [7, 11) is 1.14. The number of aliphatic hydroxyl groups is 1. The summed E-state index contributed by atoms with van der Waals surface area (Å²) in [6.45, 7) is 0.902. The molecule has 1 unspecified atom stereocenters. The lowest BCUT2D eigenvalue weighted by atomic mass is 10.1. The summed E-state index contributed by atoms with van der Waals surface area (Å²) in [5.74, 6) is -2.27. The number of fused-ring (bicyclic) bond motifs is 1. The summed E-state index contributed by atoms with van der Waals surface area (Å²) >= 11 is 0. The first-order valence-electron chi connectivity index (χ1n) is 5.64. The van der Waals surface area contributed by atoms with Gasteiger partial charge in [-0.3, -0.25) is 9.59 Å². The Kier molecular flexibility index (Phi) is 3.11. The van der Waals surface area contributed by atoms with Crippen molar-refractivity contribution in [2.45, 2.75) is 12.5 Å². The number of carbonyl (C=O) groups excluding carboxylic acids is 3. The molecule has 6 heteroatoms. The molecule has 0 saturated carbocycles. The van der Waals surface area contributed by atoms with Crippen LogP contribution in [-0.4, -0.2) is 42.0 Å². The molecule has 0 fully saturated rings. The fourth-order valence-electron chi connectivity index (χ4n) is 2.00. The van der Waals surface area contributed by atoms with E-state index in [0.717, 1.165) is 12.0 Å². The number of anilines is 1. The van der Waals surface area contributed by atoms with Crippen molar-refractivity contribution in [2.24, 2.45) is 0 Å². The molecule has 2 rings (SSSR count). The number of esters is 1. The molecule has 0 aromatic heterocycles. The number of para-hydroxylation sites is 1. The van der Waals surface area contributed by atoms with Gasteiger partial charge >= 0.3 is 5.97 Å². The minimum Gasteiger partial charge on any atom is -0.467 e. The van der Waals surface area contributed by atoms with E-state index in [9.17, 15) is 19.5 Å². The van der Waals surface area contributed by atoms with Gasteiger partial charge in [-0.25, -0.2) is 4.79 Å². The normalized spacial score (nSPS) is 17.1. The Morgan fingerprint density at radius 2 is 2.00 bits per heavy atom. The Balaban J connectivity index is 2.34. The number of nitrogens with zero attached hydrogens (tertiary/aromatic N) is 1. The van der Waals surface area contributed by atoms with Gasteiger partial charge in [0.2, 0.25) is 0 Å². The van der Waals surface area contributed by atoms with Crippen molar-refractivity contribution in [1.29, 1.82) is 0 Å². The van der Waals surface area contributed by atoms with Gasteiger partial charge < -0.3 is 14.7 Å². The highest BCUT2D eigenvalue weighted by atomic mass is 16.5. The molecule has 19 heavy (non-hydrogen) atoms. The van der Waals surface area contributed by atoms with Gasteiger partial charge in [-0.05, 0) is 19.1 Å². The topological polar surface area (TPSA) is 83.9 Å². The highest BCUT2D eigenvalue weighted by molar-refractivity contribution is 6.52. The summed E-state index contributed by atoms with van der Waals surface area (Å²) in [5.41, 5.74) is -1.21. The van der Waals surface area contributed by atoms with E-state index in [1.54, 1.807) is 18.2 Å². The quantitative estimate of drug-likeness (QED) is 0.619. The van der Waals surface area contributed by atoms with Gasteiger partial charge in [0.05, 0.1) is 24.9 Å². The van der Waals surface area contributed by atoms with E-state index in [4.69, 9.17) is 0 Å². The molecule has 0 radical (unpaired) electrons. The van der Waals surface area contributed by atoms with Crippen LogP contribution in [0.15, 0.2) is 24.3 Å². The number of rotatable bonds is 3. The van der Waals surface area contributed by atoms with Crippen LogP contribution in [0.2, 0.25) is 0 Å². The van der Waals surface area contributed by atoms with Crippen LogP contribution < -0.4 is 4.90 Å². The van der Waals surface area contributed by atoms with E-state index in [-0.39, 0.29) is 12.1 Å². The number of hydrogen-bond acceptors (Lipinski definition) is 5. The van der Waals surface area contributed by atoms with Gasteiger partial charge in [-0.1, -0.05) is 12.1 Å². The van der Waals surface area contributed by atoms with Crippen LogP contribution in [0, 0.1) is 0 Å². The van der Waals surface area contributed by atoms with Crippen LogP contribution in [0.3, 0.4) is 0 Å². The van der Waals surface area contributed by atoms with E-state index in [0.29, 0.717) is 5.69 Å². The Labute approximate surface area is 109 Å². The molecule has 1 atom stereocenters. The standard InChI is InChI=1S/C13H13NO5/c1-13(18,12(17)19-2)7-14-9-6-4-3-5-8(9)10(15)11(14)16/h3-6,18H,7H2,1-2H3. The molecular formula is C13H13NO5. The van der Waals surface area contributed by atoms with Crippen molar-refractivity contribution in [1.82, 2.24) is 0 Å². The van der Waals surface area contributed by atoms with Crippen molar-refractivity contribution in [3.05, 3.63) is 29.8 Å². The van der Waals surface area contributed by atoms with Crippen LogP contribution in [0.5, 0.6) is 0 Å². The molecule has 1 aliphatic rings. The van der Waals surface area contributed by atoms with Crippen LogP contribution >= 0.6 is 0 Å². The summed E-state index contributed by atoms with van der Waals surface area (Å²) in [5, 5.41) is 9.99. The van der Waals surface area contributed by atoms with E-state index >= 15 is 0 Å². The maximum Gasteiger partial charge on any atom is 0.339 e. The largest absolute Gasteiger partial charge is 0.467 e. The van der Waals surface area contributed by atoms with Crippen molar-refractivity contribution in [3.63, 3.8) is 0 Å². The van der Waals surface area contributed by atoms with Crippen molar-refractivity contribution >= 4 is 23.3 Å². The summed E-state index contributed by atoms with van der Waals surface area (Å²) in [6.07, 6.45) is 0. The average Bonchev–Trinajstić information content (AvgIpc) is 2.63. The lowest BCUT2D eigenvalue weighted by Crippen LogP contribution is -2.49. The number of benzene rings is 1. The molecular weight excluding hydrogens is 250 g/mol. The van der Waals surface area contributed by atoms with Crippen molar-refractivity contribution in [3.8, 4) is 0 Å². The monoisotopic (exact) mass is 263 g/mol. The Bertz CT molecular complexity index is 564. The predicted molar refractivity (Wildman–Crippen MR) is 65.8 cm³/mol. The first-order valence-corrected chi connectivity index (χ1v) is 5.64. The summed E-state index contributed by atoms with van der Waals surface area (Å²) < 4.78 is 4.46. The molecule has 1 amide bonds. The molecule has 1 aromatic rings. The Hall–Kier alpha value is -2.21. The molecule has 6 nitrogen and oxygen atoms in total. The smallest absolute Gasteiger partial charge is 0.339 e. The maximum absolute atomic E-state index is 11.9. The lowest BCUT2D eigenvalue weighted by Gasteiger charge is -2.26. The molecule has 0 aliphatic carbocycles. The first kappa shape index (κ1) is 13.2. The number of hydrogen-bond donors (Lipinski definition) is 1. The van der Waals surface area contributed by atoms with Gasteiger partial charge in [0, 0.05) is 0 Å². The van der Waals surface area contributed by atoms with E-state index in [1.807, 2.05) is 0 Å². The summed E-state index contributed by atoms with van der Waals surface area (Å²) in [6, 6.07) is 6.43. The van der Waals surface area contributed by atoms with E-state index in [1.165, 1.54) is 13.0 Å². The van der Waals surface area contributed by atoms with Gasteiger partial charge in [-0.2, -0.15) is 0 Å². The molecule has 100 valence electrons. The van der Waals surface area contributed by atoms with Gasteiger partial charge in [0.1, 0.15) is 0 Å². The minimum absolute atomic E-state index is 0.271. The fourth-order valence-corrected chi connectivity index (χ4v) is 2.00. The van der Waals surface area contributed by atoms with Gasteiger partial charge in [-0.15, -0.1) is 0 Å². The zero-order chi connectivity index (χ0) is 14.2. The van der Waals surface area contributed by atoms with E-state index < -0.39 is 23.3 Å². The second-order valence-corrected chi connectivity index (χ2v) is 4.50. The number of methoxy groups -OCH3 is 1. The number of carbonyl (C=O) groups is 3. The number of amides is 1. The van der Waals surface area contributed by atoms with Crippen molar-refractivity contribution in [2.75, 3.05) is 18.6 Å². The number of β-amino-alcohol motifs (C(OH)–C–C–N with tert-alkyl or cyclic N) is 1. The van der Waals surface area contributed by atoms with Gasteiger partial charge in [0.15, 0.2) is 5.60 Å². The van der Waals surface area contributed by atoms with Crippen LogP contribution in [-0.2, 0) is 14.3 Å². The predicted octanol–water partition coefficient (Wildman–Crippen LogP) is 0.140. The Morgan fingerprint density at radius 1 is 1.37 bits per heavy atom. The second-order valence-electron chi connectivity index (χ2n) is 4.50. The van der Waals surface area contributed by atoms with Crippen molar-refractivity contribution < 1.29 is 24.2 Å². The molecule has 0 saturated heterocycles. The summed E-state index contributed by atoms with van der Waals surface area (Å²) in [4.78, 5) is 36.1. The molecule has 0 bridgehead atoms. The third-order valence-electron chi connectivity index (χ3n) is 2.97. The third-order valence-corrected chi connectivity index (χ3v) is 2.97. The maximum atomic E-state index is 11.9. The van der Waals surface area contributed by atoms with E-state index in [2.05, 4.69) is 4.74 Å². The third kappa shape index (κ3) is 2.10. The zero-order valence-electron chi connectivity index (χ0n) is 10.5.